The predicted octanol–water partition coefficient (Wildman–Crippen LogP) is 2.78. The Kier molecular flexibility index (Phi) is 6.09. The molecule has 10 heteroatoms. The molecule has 1 aromatic heterocycles. The minimum absolute atomic E-state index is 0.0125. The Bertz CT molecular complexity index is 1320. The van der Waals surface area contributed by atoms with Gasteiger partial charge in [-0.2, -0.15) is 0 Å². The second kappa shape index (κ2) is 8.64. The van der Waals surface area contributed by atoms with Gasteiger partial charge in [-0.1, -0.05) is 41.6 Å². The molecular weight excluding hydrogens is 458 g/mol. The average Bonchev–Trinajstić information content (AvgIpc) is 3.11. The molecule has 3 aromatic rings. The summed E-state index contributed by atoms with van der Waals surface area (Å²) in [6.45, 7) is 0. The van der Waals surface area contributed by atoms with Gasteiger partial charge in [-0.15, -0.1) is 0 Å². The summed E-state index contributed by atoms with van der Waals surface area (Å²) in [6, 6.07) is 13.6. The summed E-state index contributed by atoms with van der Waals surface area (Å²) in [6.07, 6.45) is 0.441. The van der Waals surface area contributed by atoms with Gasteiger partial charge in [0.25, 0.3) is 5.56 Å². The van der Waals surface area contributed by atoms with Gasteiger partial charge in [0, 0.05) is 18.1 Å². The van der Waals surface area contributed by atoms with E-state index in [1.807, 2.05) is 0 Å². The van der Waals surface area contributed by atoms with Crippen LogP contribution in [0.5, 0.6) is 0 Å². The lowest BCUT2D eigenvalue weighted by Crippen LogP contribution is -2.39. The van der Waals surface area contributed by atoms with E-state index < -0.39 is 9.84 Å². The molecule has 0 saturated carbocycles. The molecule has 2 heterocycles. The number of para-hydroxylation sites is 1. The molecule has 1 atom stereocenters. The molecule has 0 spiro atoms. The topological polar surface area (TPSA) is 89.3 Å². The number of hydrogen-bond acceptors (Lipinski definition) is 6. The summed E-state index contributed by atoms with van der Waals surface area (Å²) < 4.78 is 24.9. The first-order chi connectivity index (χ1) is 14.7. The second-order valence-electron chi connectivity index (χ2n) is 7.38. The number of thioether (sulfide) groups is 1. The number of carbonyl (C=O) groups is 1. The largest absolute Gasteiger partial charge is 0.341 e. The van der Waals surface area contributed by atoms with Crippen molar-refractivity contribution in [3.05, 3.63) is 63.9 Å². The van der Waals surface area contributed by atoms with Crippen molar-refractivity contribution in [2.45, 2.75) is 17.6 Å². The smallest absolute Gasteiger partial charge is 0.266 e. The van der Waals surface area contributed by atoms with Crippen LogP contribution >= 0.6 is 23.4 Å². The molecule has 0 N–H and O–H groups in total. The van der Waals surface area contributed by atoms with Crippen LogP contribution in [0.25, 0.3) is 16.6 Å². The Morgan fingerprint density at radius 1 is 1.26 bits per heavy atom. The van der Waals surface area contributed by atoms with E-state index in [0.717, 1.165) is 11.8 Å². The number of sulfone groups is 1. The van der Waals surface area contributed by atoms with E-state index >= 15 is 0 Å². The van der Waals surface area contributed by atoms with Crippen LogP contribution < -0.4 is 5.56 Å². The van der Waals surface area contributed by atoms with Crippen molar-refractivity contribution in [3.8, 4) is 5.69 Å². The Balaban J connectivity index is 1.66. The highest BCUT2D eigenvalue weighted by atomic mass is 35.5. The third kappa shape index (κ3) is 4.63. The molecule has 1 aliphatic rings. The molecule has 4 rings (SSSR count). The van der Waals surface area contributed by atoms with Crippen LogP contribution in [-0.2, 0) is 14.6 Å². The van der Waals surface area contributed by atoms with E-state index in [4.69, 9.17) is 11.6 Å². The van der Waals surface area contributed by atoms with Gasteiger partial charge in [0.1, 0.15) is 0 Å². The quantitative estimate of drug-likeness (QED) is 0.414. The van der Waals surface area contributed by atoms with Crippen LogP contribution in [0.15, 0.2) is 58.5 Å². The number of carbonyl (C=O) groups excluding carboxylic acids is 1. The fraction of sp³-hybridized carbons (Fsp3) is 0.286. The van der Waals surface area contributed by atoms with Gasteiger partial charge < -0.3 is 4.90 Å². The second-order valence-corrected chi connectivity index (χ2v) is 11.0. The van der Waals surface area contributed by atoms with E-state index in [0.29, 0.717) is 33.2 Å². The van der Waals surface area contributed by atoms with E-state index in [1.54, 1.807) is 55.6 Å². The summed E-state index contributed by atoms with van der Waals surface area (Å²) in [7, 11) is -1.47. The Morgan fingerprint density at radius 3 is 2.74 bits per heavy atom. The first-order valence-corrected chi connectivity index (χ1v) is 12.8. The average molecular weight is 478 g/mol. The Labute approximate surface area is 189 Å². The highest BCUT2D eigenvalue weighted by Crippen LogP contribution is 2.24. The fourth-order valence-electron chi connectivity index (χ4n) is 3.56. The van der Waals surface area contributed by atoms with Crippen LogP contribution in [-0.4, -0.2) is 59.1 Å². The van der Waals surface area contributed by atoms with Crippen LogP contribution in [0.3, 0.4) is 0 Å². The lowest BCUT2D eigenvalue weighted by Gasteiger charge is -2.23. The van der Waals surface area contributed by atoms with Gasteiger partial charge in [0.2, 0.25) is 5.91 Å². The van der Waals surface area contributed by atoms with E-state index in [9.17, 15) is 18.0 Å². The van der Waals surface area contributed by atoms with Gasteiger partial charge in [-0.3, -0.25) is 14.2 Å². The van der Waals surface area contributed by atoms with Crippen molar-refractivity contribution in [1.82, 2.24) is 14.5 Å². The minimum atomic E-state index is -3.09. The molecule has 1 amide bonds. The predicted molar refractivity (Wildman–Crippen MR) is 123 cm³/mol. The summed E-state index contributed by atoms with van der Waals surface area (Å²) in [4.78, 5) is 32.1. The van der Waals surface area contributed by atoms with Crippen molar-refractivity contribution in [1.29, 1.82) is 0 Å². The molecule has 7 nitrogen and oxygen atoms in total. The van der Waals surface area contributed by atoms with E-state index in [1.165, 1.54) is 9.47 Å². The van der Waals surface area contributed by atoms with Gasteiger partial charge in [-0.05, 0) is 36.8 Å². The molecule has 31 heavy (non-hydrogen) atoms. The van der Waals surface area contributed by atoms with Crippen molar-refractivity contribution in [2.24, 2.45) is 0 Å². The first kappa shape index (κ1) is 21.9. The molecule has 1 saturated heterocycles. The molecule has 0 bridgehead atoms. The third-order valence-corrected chi connectivity index (χ3v) is 8.19. The number of rotatable bonds is 5. The van der Waals surface area contributed by atoms with Crippen LogP contribution in [0, 0.1) is 0 Å². The van der Waals surface area contributed by atoms with E-state index in [2.05, 4.69) is 4.98 Å². The molecular formula is C21H20ClN3O4S2. The Morgan fingerprint density at radius 2 is 2.03 bits per heavy atom. The van der Waals surface area contributed by atoms with Gasteiger partial charge in [-0.25, -0.2) is 13.4 Å². The molecule has 0 aliphatic carbocycles. The van der Waals surface area contributed by atoms with Crippen LogP contribution in [0.4, 0.5) is 0 Å². The van der Waals surface area contributed by atoms with Crippen LogP contribution in [0.1, 0.15) is 6.42 Å². The number of fused-ring (bicyclic) bond motifs is 1. The molecule has 162 valence electrons. The number of hydrogen-bond donors (Lipinski definition) is 0. The third-order valence-electron chi connectivity index (χ3n) is 5.29. The van der Waals surface area contributed by atoms with E-state index in [-0.39, 0.29) is 34.8 Å². The normalized spacial score (nSPS) is 17.7. The van der Waals surface area contributed by atoms with Crippen molar-refractivity contribution in [2.75, 3.05) is 24.3 Å². The lowest BCUT2D eigenvalue weighted by molar-refractivity contribution is -0.128. The van der Waals surface area contributed by atoms with Crippen molar-refractivity contribution >= 4 is 50.0 Å². The zero-order valence-electron chi connectivity index (χ0n) is 16.7. The number of benzene rings is 2. The van der Waals surface area contributed by atoms with Crippen LogP contribution in [0.2, 0.25) is 5.02 Å². The number of halogens is 1. The zero-order chi connectivity index (χ0) is 22.2. The molecule has 1 unspecified atom stereocenters. The Hall–Kier alpha value is -2.36. The highest BCUT2D eigenvalue weighted by Gasteiger charge is 2.32. The molecule has 1 aliphatic heterocycles. The fourth-order valence-corrected chi connectivity index (χ4v) is 6.46. The zero-order valence-corrected chi connectivity index (χ0v) is 19.1. The maximum Gasteiger partial charge on any atom is 0.266 e. The molecule has 1 fully saturated rings. The molecule has 0 radical (unpaired) electrons. The summed E-state index contributed by atoms with van der Waals surface area (Å²) in [5.41, 5.74) is 0.843. The highest BCUT2D eigenvalue weighted by molar-refractivity contribution is 7.99. The van der Waals surface area contributed by atoms with Gasteiger partial charge in [0.05, 0.1) is 33.8 Å². The maximum absolute atomic E-state index is 13.2. The van der Waals surface area contributed by atoms with Gasteiger partial charge >= 0.3 is 0 Å². The van der Waals surface area contributed by atoms with Crippen molar-refractivity contribution < 1.29 is 13.2 Å². The summed E-state index contributed by atoms with van der Waals surface area (Å²) >= 11 is 7.27. The first-order valence-electron chi connectivity index (χ1n) is 9.62. The summed E-state index contributed by atoms with van der Waals surface area (Å²) in [5, 5.41) is 1.31. The molecule has 2 aromatic carbocycles. The number of nitrogens with zero attached hydrogens (tertiary/aromatic N) is 3. The SMILES string of the molecule is CN(C(=O)CSc1nc2ccccc2c(=O)n1-c1cccc(Cl)c1)C1CCS(=O)(=O)C1. The van der Waals surface area contributed by atoms with Gasteiger partial charge in [0.15, 0.2) is 15.0 Å². The monoisotopic (exact) mass is 477 g/mol. The lowest BCUT2D eigenvalue weighted by atomic mass is 10.2. The maximum atomic E-state index is 13.2. The minimum Gasteiger partial charge on any atom is -0.341 e. The number of aromatic nitrogens is 2. The standard InChI is InChI=1S/C21H20ClN3O4S2/c1-24(16-9-10-31(28,29)13-16)19(26)12-30-21-23-18-8-3-2-7-17(18)20(27)25(21)15-6-4-5-14(22)11-15/h2-8,11,16H,9-10,12-13H2,1H3. The van der Waals surface area contributed by atoms with Crippen molar-refractivity contribution in [3.63, 3.8) is 0 Å². The summed E-state index contributed by atoms with van der Waals surface area (Å²) in [5.74, 6) is -0.102. The number of amides is 1.